The summed E-state index contributed by atoms with van der Waals surface area (Å²) in [7, 11) is 0. The zero-order chi connectivity index (χ0) is 12.1. The first-order chi connectivity index (χ1) is 7.54. The van der Waals surface area contributed by atoms with Gasteiger partial charge in [-0.15, -0.1) is 11.3 Å². The molecule has 0 bridgehead atoms. The summed E-state index contributed by atoms with van der Waals surface area (Å²) < 4.78 is 0. The average molecular weight is 258 g/mol. The second-order valence-corrected chi connectivity index (χ2v) is 6.70. The number of rotatable bonds is 6. The van der Waals surface area contributed by atoms with Crippen molar-refractivity contribution in [3.63, 3.8) is 0 Å². The van der Waals surface area contributed by atoms with Crippen LogP contribution in [0.5, 0.6) is 0 Å². The predicted molar refractivity (Wildman–Crippen MR) is 75.6 cm³/mol. The summed E-state index contributed by atoms with van der Waals surface area (Å²) in [6.07, 6.45) is 3.40. The number of thioether (sulfide) groups is 1. The Morgan fingerprint density at radius 3 is 2.56 bits per heavy atom. The van der Waals surface area contributed by atoms with Gasteiger partial charge in [-0.1, -0.05) is 6.92 Å². The monoisotopic (exact) mass is 258 g/mol. The summed E-state index contributed by atoms with van der Waals surface area (Å²) in [5.41, 5.74) is 1.18. The van der Waals surface area contributed by atoms with Gasteiger partial charge in [0.25, 0.3) is 0 Å². The summed E-state index contributed by atoms with van der Waals surface area (Å²) in [5, 5.41) is 5.48. The van der Waals surface area contributed by atoms with Crippen molar-refractivity contribution in [2.75, 3.05) is 12.8 Å². The molecule has 0 fully saturated rings. The molecule has 1 aromatic rings. The lowest BCUT2D eigenvalue weighted by molar-refractivity contribution is 0.562. The third kappa shape index (κ3) is 4.07. The van der Waals surface area contributed by atoms with E-state index in [9.17, 15) is 0 Å². The molecule has 1 N–H and O–H groups in total. The number of nitrogens with one attached hydrogen (secondary N) is 1. The van der Waals surface area contributed by atoms with Gasteiger partial charge in [0.1, 0.15) is 0 Å². The van der Waals surface area contributed by atoms with Crippen molar-refractivity contribution < 1.29 is 0 Å². The van der Waals surface area contributed by atoms with Crippen LogP contribution in [0.1, 0.15) is 41.9 Å². The maximum atomic E-state index is 4.47. The number of aryl methyl sites for hydroxylation is 2. The number of thiazole rings is 1. The molecule has 0 radical (unpaired) electrons. The molecular formula is C12H22N2S2. The van der Waals surface area contributed by atoms with E-state index < -0.39 is 0 Å². The van der Waals surface area contributed by atoms with E-state index in [1.54, 1.807) is 0 Å². The smallest absolute Gasteiger partial charge is 0.0900 e. The van der Waals surface area contributed by atoms with Crippen LogP contribution in [-0.4, -0.2) is 23.0 Å². The number of nitrogens with zero attached hydrogens (tertiary/aromatic N) is 1. The second kappa shape index (κ2) is 6.62. The Morgan fingerprint density at radius 1 is 1.38 bits per heavy atom. The second-order valence-electron chi connectivity index (χ2n) is 4.19. The van der Waals surface area contributed by atoms with Gasteiger partial charge >= 0.3 is 0 Å². The molecule has 2 unspecified atom stereocenters. The van der Waals surface area contributed by atoms with Crippen LogP contribution in [0.15, 0.2) is 0 Å². The Kier molecular flexibility index (Phi) is 5.79. The van der Waals surface area contributed by atoms with Crippen LogP contribution in [0.4, 0.5) is 0 Å². The van der Waals surface area contributed by atoms with Crippen LogP contribution < -0.4 is 5.32 Å². The Labute approximate surface area is 107 Å². The molecule has 4 heteroatoms. The van der Waals surface area contributed by atoms with Gasteiger partial charge in [-0.3, -0.25) is 0 Å². The third-order valence-corrected chi connectivity index (χ3v) is 5.03. The van der Waals surface area contributed by atoms with Crippen LogP contribution in [0.3, 0.4) is 0 Å². The first-order valence-corrected chi connectivity index (χ1v) is 7.85. The van der Waals surface area contributed by atoms with Gasteiger partial charge in [-0.2, -0.15) is 11.8 Å². The zero-order valence-electron chi connectivity index (χ0n) is 10.8. The van der Waals surface area contributed by atoms with Gasteiger partial charge in [0.05, 0.1) is 10.7 Å². The van der Waals surface area contributed by atoms with Gasteiger partial charge in [0, 0.05) is 16.2 Å². The lowest BCUT2D eigenvalue weighted by atomic mass is 10.2. The highest BCUT2D eigenvalue weighted by atomic mass is 32.2. The molecule has 2 atom stereocenters. The van der Waals surface area contributed by atoms with Gasteiger partial charge < -0.3 is 5.32 Å². The largest absolute Gasteiger partial charge is 0.309 e. The molecule has 1 aromatic heterocycles. The van der Waals surface area contributed by atoms with E-state index in [4.69, 9.17) is 0 Å². The molecule has 0 aliphatic carbocycles. The van der Waals surface area contributed by atoms with Crippen molar-refractivity contribution >= 4 is 23.1 Å². The summed E-state index contributed by atoms with van der Waals surface area (Å²) in [6, 6.07) is 0.431. The van der Waals surface area contributed by atoms with E-state index in [-0.39, 0.29) is 0 Å². The van der Waals surface area contributed by atoms with Crippen LogP contribution in [0.2, 0.25) is 0 Å². The molecule has 1 heterocycles. The number of hydrogen-bond acceptors (Lipinski definition) is 4. The molecule has 0 aliphatic heterocycles. The highest BCUT2D eigenvalue weighted by Gasteiger charge is 2.12. The normalized spacial score (nSPS) is 15.1. The van der Waals surface area contributed by atoms with Gasteiger partial charge in [-0.05, 0) is 40.0 Å². The predicted octanol–water partition coefficient (Wildman–Crippen LogP) is 3.55. The molecule has 0 amide bonds. The first kappa shape index (κ1) is 14.0. The molecule has 16 heavy (non-hydrogen) atoms. The lowest BCUT2D eigenvalue weighted by Crippen LogP contribution is -2.21. The van der Waals surface area contributed by atoms with E-state index in [1.807, 2.05) is 23.1 Å². The fourth-order valence-electron chi connectivity index (χ4n) is 1.66. The van der Waals surface area contributed by atoms with Gasteiger partial charge in [0.15, 0.2) is 0 Å². The number of aromatic nitrogens is 1. The number of hydrogen-bond donors (Lipinski definition) is 1. The Hall–Kier alpha value is -0.0600. The minimum atomic E-state index is 0.431. The fourth-order valence-corrected chi connectivity index (χ4v) is 2.97. The molecule has 0 aromatic carbocycles. The minimum Gasteiger partial charge on any atom is -0.309 e. The van der Waals surface area contributed by atoms with Crippen LogP contribution in [0, 0.1) is 13.8 Å². The highest BCUT2D eigenvalue weighted by molar-refractivity contribution is 7.99. The van der Waals surface area contributed by atoms with E-state index in [0.29, 0.717) is 6.04 Å². The quantitative estimate of drug-likeness (QED) is 0.844. The third-order valence-electron chi connectivity index (χ3n) is 2.74. The molecule has 1 rings (SSSR count). The topological polar surface area (TPSA) is 24.9 Å². The Balaban J connectivity index is 2.40. The van der Waals surface area contributed by atoms with Crippen molar-refractivity contribution in [1.82, 2.24) is 10.3 Å². The fraction of sp³-hybridized carbons (Fsp3) is 0.750. The Bertz CT molecular complexity index is 323. The van der Waals surface area contributed by atoms with Crippen LogP contribution in [-0.2, 0) is 0 Å². The van der Waals surface area contributed by atoms with Crippen LogP contribution in [0.25, 0.3) is 0 Å². The first-order valence-electron chi connectivity index (χ1n) is 5.74. The van der Waals surface area contributed by atoms with Gasteiger partial charge in [-0.25, -0.2) is 4.98 Å². The standard InChI is InChI=1S/C12H22N2S2/c1-8(15-5)6-7-13-9(2)12-10(3)14-11(4)16-12/h8-9,13H,6-7H2,1-5H3. The molecular weight excluding hydrogens is 236 g/mol. The van der Waals surface area contributed by atoms with Crippen molar-refractivity contribution in [3.8, 4) is 0 Å². The summed E-state index contributed by atoms with van der Waals surface area (Å²) >= 11 is 3.74. The van der Waals surface area contributed by atoms with Crippen molar-refractivity contribution in [2.24, 2.45) is 0 Å². The highest BCUT2D eigenvalue weighted by Crippen LogP contribution is 2.24. The molecule has 2 nitrogen and oxygen atoms in total. The lowest BCUT2D eigenvalue weighted by Gasteiger charge is -2.14. The zero-order valence-corrected chi connectivity index (χ0v) is 12.5. The SMILES string of the molecule is CSC(C)CCNC(C)c1sc(C)nc1C. The van der Waals surface area contributed by atoms with E-state index in [0.717, 1.165) is 11.8 Å². The van der Waals surface area contributed by atoms with E-state index in [2.05, 4.69) is 44.3 Å². The van der Waals surface area contributed by atoms with Crippen molar-refractivity contribution in [1.29, 1.82) is 0 Å². The van der Waals surface area contributed by atoms with Crippen molar-refractivity contribution in [2.45, 2.75) is 45.4 Å². The van der Waals surface area contributed by atoms with Gasteiger partial charge in [0.2, 0.25) is 0 Å². The summed E-state index contributed by atoms with van der Waals surface area (Å²) in [6.45, 7) is 9.76. The molecule has 0 saturated carbocycles. The minimum absolute atomic E-state index is 0.431. The van der Waals surface area contributed by atoms with E-state index in [1.165, 1.54) is 22.0 Å². The molecule has 0 spiro atoms. The molecule has 0 aliphatic rings. The van der Waals surface area contributed by atoms with Crippen molar-refractivity contribution in [3.05, 3.63) is 15.6 Å². The Morgan fingerprint density at radius 2 is 2.06 bits per heavy atom. The molecule has 92 valence electrons. The summed E-state index contributed by atoms with van der Waals surface area (Å²) in [4.78, 5) is 5.85. The average Bonchev–Trinajstić information content (AvgIpc) is 2.57. The maximum absolute atomic E-state index is 4.47. The summed E-state index contributed by atoms with van der Waals surface area (Å²) in [5.74, 6) is 0. The molecule has 0 saturated heterocycles. The van der Waals surface area contributed by atoms with Crippen LogP contribution >= 0.6 is 23.1 Å². The van der Waals surface area contributed by atoms with E-state index >= 15 is 0 Å². The maximum Gasteiger partial charge on any atom is 0.0900 e.